The average molecular weight is 1390 g/mol. The number of hydrogen-bond acceptors (Lipinski definition) is 17. The van der Waals surface area contributed by atoms with Gasteiger partial charge in [0.2, 0.25) is 12.2 Å². The van der Waals surface area contributed by atoms with Gasteiger partial charge in [-0.2, -0.15) is 0 Å². The second kappa shape index (κ2) is 37.7. The SMILES string of the molecule is C.C.C.C.CC(=O)O[C@@H](C(=O)NCC1CN(c2ccc(Cl)cc2)C1)[C@@H](OC(C)=O)C(=O)N1Cc2ccccc2C1.CC(C)(C)OC(=O)NCC1CNC1.NCC1CN(c2ccc(Cl)cc2)C1.O=C(NCC1CN(c2ccc(Cl)cc2)C1)[C@H](O)[C@@H](O)C(=O)N1Cc2ccccc2C1. The smallest absolute Gasteiger partial charge is 0.407 e. The van der Waals surface area contributed by atoms with Crippen LogP contribution in [0, 0.1) is 23.7 Å². The Bertz CT molecular complexity index is 3270. The van der Waals surface area contributed by atoms with Gasteiger partial charge < -0.3 is 75.9 Å². The van der Waals surface area contributed by atoms with Gasteiger partial charge in [0.25, 0.3) is 23.6 Å². The summed E-state index contributed by atoms with van der Waals surface area (Å²) in [5, 5.41) is 33.8. The number of rotatable bonds is 18. The van der Waals surface area contributed by atoms with E-state index in [0.717, 1.165) is 111 Å². The Labute approximate surface area is 581 Å². The van der Waals surface area contributed by atoms with E-state index in [1.54, 1.807) is 0 Å². The van der Waals surface area contributed by atoms with Crippen LogP contribution in [0.25, 0.3) is 0 Å². The molecule has 0 aliphatic carbocycles. The van der Waals surface area contributed by atoms with Gasteiger partial charge in [0.15, 0.2) is 12.2 Å². The number of benzene rings is 5. The van der Waals surface area contributed by atoms with Crippen LogP contribution in [-0.2, 0) is 69.2 Å². The Morgan fingerprint density at radius 3 is 1.19 bits per heavy atom. The van der Waals surface area contributed by atoms with Crippen molar-refractivity contribution in [1.82, 2.24) is 31.1 Å². The molecule has 22 nitrogen and oxygen atoms in total. The molecular weight excluding hydrogens is 1290 g/mol. The number of nitrogens with zero attached hydrogens (tertiary/aromatic N) is 5. The molecule has 0 bridgehead atoms. The van der Waals surface area contributed by atoms with Crippen LogP contribution in [0.1, 0.15) is 86.6 Å². The van der Waals surface area contributed by atoms with Crippen molar-refractivity contribution in [3.63, 3.8) is 0 Å². The first-order chi connectivity index (χ1) is 43.9. The third kappa shape index (κ3) is 23.3. The first kappa shape index (κ1) is 80.7. The highest BCUT2D eigenvalue weighted by atomic mass is 35.5. The summed E-state index contributed by atoms with van der Waals surface area (Å²) in [6, 6.07) is 38.2. The average Bonchev–Trinajstić information content (AvgIpc) is 1.40. The molecule has 0 unspecified atom stereocenters. The van der Waals surface area contributed by atoms with Crippen molar-refractivity contribution in [2.45, 2.75) is 121 Å². The zero-order chi connectivity index (χ0) is 66.2. The predicted octanol–water partition coefficient (Wildman–Crippen LogP) is 8.46. The molecule has 0 spiro atoms. The molecule has 0 saturated carbocycles. The van der Waals surface area contributed by atoms with Crippen molar-refractivity contribution in [2.24, 2.45) is 29.4 Å². The number of anilines is 3. The molecule has 6 heterocycles. The summed E-state index contributed by atoms with van der Waals surface area (Å²) in [6.07, 6.45) is -7.10. The number of nitrogens with two attached hydrogens (primary N) is 1. The molecule has 5 aromatic carbocycles. The van der Waals surface area contributed by atoms with E-state index in [2.05, 4.69) is 48.1 Å². The zero-order valence-electron chi connectivity index (χ0n) is 52.4. The topological polar surface area (TPSA) is 278 Å². The minimum Gasteiger partial charge on any atom is -0.448 e. The first-order valence-electron chi connectivity index (χ1n) is 30.8. The fourth-order valence-electron chi connectivity index (χ4n) is 10.9. The van der Waals surface area contributed by atoms with Gasteiger partial charge in [0.1, 0.15) is 5.60 Å². The molecule has 96 heavy (non-hydrogen) atoms. The molecule has 526 valence electrons. The largest absolute Gasteiger partial charge is 0.448 e. The lowest BCUT2D eigenvalue weighted by Gasteiger charge is -2.41. The van der Waals surface area contributed by atoms with E-state index in [9.17, 15) is 43.8 Å². The van der Waals surface area contributed by atoms with Crippen LogP contribution < -0.4 is 41.7 Å². The van der Waals surface area contributed by atoms with Gasteiger partial charge >= 0.3 is 18.0 Å². The van der Waals surface area contributed by atoms with Crippen LogP contribution in [0.15, 0.2) is 121 Å². The summed E-state index contributed by atoms with van der Waals surface area (Å²) in [7, 11) is 0. The number of amides is 5. The number of aliphatic hydroxyl groups excluding tert-OH is 2. The molecule has 8 N–H and O–H groups in total. The van der Waals surface area contributed by atoms with E-state index in [1.165, 1.54) is 15.5 Å². The highest BCUT2D eigenvalue weighted by Crippen LogP contribution is 2.30. The van der Waals surface area contributed by atoms with Crippen molar-refractivity contribution in [1.29, 1.82) is 0 Å². The normalized spacial score (nSPS) is 16.5. The number of esters is 2. The lowest BCUT2D eigenvalue weighted by Crippen LogP contribution is -2.56. The molecule has 0 radical (unpaired) electrons. The molecule has 11 rings (SSSR count). The minimum atomic E-state index is -1.80. The zero-order valence-corrected chi connectivity index (χ0v) is 54.7. The third-order valence-electron chi connectivity index (χ3n) is 16.2. The molecule has 0 aromatic heterocycles. The van der Waals surface area contributed by atoms with Crippen molar-refractivity contribution in [3.8, 4) is 0 Å². The standard InChI is InChI=1S/C26H28ClN3O6.C22H24ClN3O4.C10H13ClN2.C9H18N2O2.4CH4/c1-16(31)35-23(25(33)28-11-18-12-29(13-18)22-9-7-21(27)8-10-22)24(36-17(2)32)26(34)30-14-19-5-3-4-6-20(19)15-30;23-17-5-7-18(8-6-17)25-10-14(11-25)9-24-21(29)19(27)20(28)22(30)26-12-15-3-1-2-4-16(15)13-26;11-9-1-3-10(4-2-9)13-6-8(5-12)7-13;1-9(2,3)13-8(12)11-6-7-4-10-5-7;;;;/h3-10,18,23-24H,11-15H2,1-2H3,(H,28,33);1-8,14,19-20,27-28H,9-13H2,(H,24,29);1-4,8H,5-7,12H2;7,10H,4-6H2,1-3H3,(H,11,12);4*1H4/t23-,24-;19-,20-;;;;;;/m11....../s1. The molecule has 5 aromatic rings. The minimum absolute atomic E-state index is 0. The van der Waals surface area contributed by atoms with Crippen LogP contribution in [0.4, 0.5) is 21.9 Å². The highest BCUT2D eigenvalue weighted by Gasteiger charge is 2.44. The van der Waals surface area contributed by atoms with Gasteiger partial charge in [-0.15, -0.1) is 0 Å². The third-order valence-corrected chi connectivity index (χ3v) is 17.0. The number of fused-ring (bicyclic) bond motifs is 2. The fourth-order valence-corrected chi connectivity index (χ4v) is 11.3. The van der Waals surface area contributed by atoms with Crippen molar-refractivity contribution in [2.75, 3.05) is 93.2 Å². The molecule has 4 saturated heterocycles. The summed E-state index contributed by atoms with van der Waals surface area (Å²) >= 11 is 17.6. The molecule has 5 amide bonds. The number of hydrogen-bond donors (Lipinski definition) is 7. The Morgan fingerprint density at radius 2 is 0.844 bits per heavy atom. The molecule has 4 fully saturated rings. The predicted molar refractivity (Wildman–Crippen MR) is 379 cm³/mol. The Balaban J connectivity index is 0.000000292. The van der Waals surface area contributed by atoms with E-state index in [4.69, 9.17) is 54.7 Å². The van der Waals surface area contributed by atoms with E-state index in [1.807, 2.05) is 130 Å². The summed E-state index contributed by atoms with van der Waals surface area (Å²) < 4.78 is 15.6. The molecular formula is C71H99Cl3N10O12. The van der Waals surface area contributed by atoms with Gasteiger partial charge in [-0.05, 0) is 122 Å². The van der Waals surface area contributed by atoms with Gasteiger partial charge in [0, 0.05) is 168 Å². The van der Waals surface area contributed by atoms with Gasteiger partial charge in [-0.3, -0.25) is 28.8 Å². The maximum absolute atomic E-state index is 13.4. The molecule has 4 atom stereocenters. The number of ether oxygens (including phenoxy) is 3. The molecule has 25 heteroatoms. The van der Waals surface area contributed by atoms with Crippen LogP contribution in [0.5, 0.6) is 0 Å². The Hall–Kier alpha value is -7.70. The molecule has 6 aliphatic rings. The van der Waals surface area contributed by atoms with Crippen LogP contribution in [0.2, 0.25) is 15.1 Å². The summed E-state index contributed by atoms with van der Waals surface area (Å²) in [4.78, 5) is 95.6. The first-order valence-corrected chi connectivity index (χ1v) is 31.9. The number of nitrogens with one attached hydrogen (secondary N) is 4. The summed E-state index contributed by atoms with van der Waals surface area (Å²) in [5.41, 5.74) is 12.4. The van der Waals surface area contributed by atoms with E-state index < -0.39 is 65.6 Å². The highest BCUT2D eigenvalue weighted by molar-refractivity contribution is 6.31. The van der Waals surface area contributed by atoms with E-state index in [-0.39, 0.29) is 47.6 Å². The van der Waals surface area contributed by atoms with Gasteiger partial charge in [0.05, 0.1) is 0 Å². The molecule has 6 aliphatic heterocycles. The van der Waals surface area contributed by atoms with E-state index in [0.29, 0.717) is 67.7 Å². The maximum atomic E-state index is 13.4. The number of carbonyl (C=O) groups excluding carboxylic acids is 7. The van der Waals surface area contributed by atoms with E-state index >= 15 is 0 Å². The summed E-state index contributed by atoms with van der Waals surface area (Å²) in [5.74, 6) is -2.54. The summed E-state index contributed by atoms with van der Waals surface area (Å²) in [6.45, 7) is 18.5. The monoisotopic (exact) mass is 1390 g/mol. The van der Waals surface area contributed by atoms with Crippen molar-refractivity contribution < 1.29 is 58.0 Å². The maximum Gasteiger partial charge on any atom is 0.407 e. The Morgan fingerprint density at radius 1 is 0.500 bits per heavy atom. The van der Waals surface area contributed by atoms with Crippen molar-refractivity contribution >= 4 is 93.5 Å². The Kier molecular flexibility index (Phi) is 31.7. The lowest BCUT2D eigenvalue weighted by atomic mass is 9.99. The lowest BCUT2D eigenvalue weighted by molar-refractivity contribution is -0.178. The number of alkyl carbamates (subject to hydrolysis) is 1. The van der Waals surface area contributed by atoms with Crippen molar-refractivity contribution in [3.05, 3.63) is 159 Å². The van der Waals surface area contributed by atoms with Crippen LogP contribution >= 0.6 is 34.8 Å². The second-order valence-electron chi connectivity index (χ2n) is 24.8. The van der Waals surface area contributed by atoms with Crippen LogP contribution in [-0.4, -0.2) is 170 Å². The second-order valence-corrected chi connectivity index (χ2v) is 26.1. The number of carbonyl (C=O) groups is 7. The number of halogens is 3. The van der Waals surface area contributed by atoms with Gasteiger partial charge in [-0.25, -0.2) is 4.79 Å². The quantitative estimate of drug-likeness (QED) is 0.0320. The van der Waals surface area contributed by atoms with Crippen LogP contribution in [0.3, 0.4) is 0 Å². The fraction of sp³-hybridized carbons (Fsp3) is 0.479. The van der Waals surface area contributed by atoms with Gasteiger partial charge in [-0.1, -0.05) is 113 Å². The number of aliphatic hydroxyl groups is 2.